The fourth-order valence-electron chi connectivity index (χ4n) is 3.12. The standard InChI is InChI=1S/C19H28N2O3/c1-14(2)17(24-3)13-20-19(23)16-10-7-11-21(16)18(22)12-15-8-5-4-6-9-15/h4-6,8-9,14,16-17H,7,10-13H2,1-3H3,(H,20,23). The third-order valence-electron chi connectivity index (χ3n) is 4.60. The minimum atomic E-state index is -0.356. The summed E-state index contributed by atoms with van der Waals surface area (Å²) in [6.07, 6.45) is 1.93. The first kappa shape index (κ1) is 18.5. The van der Waals surface area contributed by atoms with E-state index in [0.29, 0.717) is 25.4 Å². The van der Waals surface area contributed by atoms with Crippen LogP contribution in [0.4, 0.5) is 0 Å². The molecule has 1 aliphatic rings. The van der Waals surface area contributed by atoms with Gasteiger partial charge in [0.2, 0.25) is 11.8 Å². The first-order valence-electron chi connectivity index (χ1n) is 8.66. The van der Waals surface area contributed by atoms with E-state index in [-0.39, 0.29) is 24.0 Å². The normalized spacial score (nSPS) is 18.7. The lowest BCUT2D eigenvalue weighted by Gasteiger charge is -2.26. The topological polar surface area (TPSA) is 58.6 Å². The van der Waals surface area contributed by atoms with Crippen LogP contribution < -0.4 is 5.32 Å². The summed E-state index contributed by atoms with van der Waals surface area (Å²) in [5, 5.41) is 2.95. The van der Waals surface area contributed by atoms with E-state index in [0.717, 1.165) is 18.4 Å². The Morgan fingerprint density at radius 2 is 2.00 bits per heavy atom. The molecule has 2 rings (SSSR count). The Morgan fingerprint density at radius 1 is 1.29 bits per heavy atom. The molecule has 2 amide bonds. The zero-order valence-corrected chi connectivity index (χ0v) is 14.8. The molecule has 0 saturated carbocycles. The summed E-state index contributed by atoms with van der Waals surface area (Å²) in [5.41, 5.74) is 0.979. The Morgan fingerprint density at radius 3 is 2.62 bits per heavy atom. The number of hydrogen-bond acceptors (Lipinski definition) is 3. The van der Waals surface area contributed by atoms with Crippen molar-refractivity contribution in [2.24, 2.45) is 5.92 Å². The number of nitrogens with one attached hydrogen (secondary N) is 1. The second-order valence-electron chi connectivity index (χ2n) is 6.67. The molecule has 1 saturated heterocycles. The first-order valence-corrected chi connectivity index (χ1v) is 8.66. The van der Waals surface area contributed by atoms with Crippen molar-refractivity contribution in [2.75, 3.05) is 20.2 Å². The Hall–Kier alpha value is -1.88. The van der Waals surface area contributed by atoms with E-state index in [4.69, 9.17) is 4.74 Å². The lowest BCUT2D eigenvalue weighted by Crippen LogP contribution is -2.48. The van der Waals surface area contributed by atoms with Gasteiger partial charge in [0, 0.05) is 20.2 Å². The maximum atomic E-state index is 12.6. The average Bonchev–Trinajstić information content (AvgIpc) is 3.05. The molecule has 24 heavy (non-hydrogen) atoms. The number of methoxy groups -OCH3 is 1. The van der Waals surface area contributed by atoms with Gasteiger partial charge in [-0.15, -0.1) is 0 Å². The van der Waals surface area contributed by atoms with Crippen molar-refractivity contribution >= 4 is 11.8 Å². The number of rotatable bonds is 7. The van der Waals surface area contributed by atoms with Crippen molar-refractivity contribution < 1.29 is 14.3 Å². The molecule has 0 aliphatic carbocycles. The molecule has 2 atom stereocenters. The molecule has 0 aromatic heterocycles. The zero-order valence-electron chi connectivity index (χ0n) is 14.8. The number of benzene rings is 1. The second kappa shape index (κ2) is 8.83. The highest BCUT2D eigenvalue weighted by Gasteiger charge is 2.34. The number of hydrogen-bond donors (Lipinski definition) is 1. The van der Waals surface area contributed by atoms with Crippen LogP contribution in [0.5, 0.6) is 0 Å². The molecule has 1 aliphatic heterocycles. The van der Waals surface area contributed by atoms with Crippen LogP contribution >= 0.6 is 0 Å². The van der Waals surface area contributed by atoms with E-state index in [1.807, 2.05) is 30.3 Å². The van der Waals surface area contributed by atoms with Crippen molar-refractivity contribution in [1.29, 1.82) is 0 Å². The van der Waals surface area contributed by atoms with Crippen molar-refractivity contribution in [1.82, 2.24) is 10.2 Å². The number of ether oxygens (including phenoxy) is 1. The van der Waals surface area contributed by atoms with Crippen LogP contribution in [-0.2, 0) is 20.7 Å². The molecular formula is C19H28N2O3. The summed E-state index contributed by atoms with van der Waals surface area (Å²) >= 11 is 0. The summed E-state index contributed by atoms with van der Waals surface area (Å²) < 4.78 is 5.38. The predicted molar refractivity (Wildman–Crippen MR) is 93.5 cm³/mol. The quantitative estimate of drug-likeness (QED) is 0.831. The number of carbonyl (C=O) groups excluding carboxylic acids is 2. The van der Waals surface area contributed by atoms with Gasteiger partial charge in [0.1, 0.15) is 6.04 Å². The van der Waals surface area contributed by atoms with Crippen LogP contribution in [0.15, 0.2) is 30.3 Å². The van der Waals surface area contributed by atoms with Gasteiger partial charge in [-0.3, -0.25) is 9.59 Å². The highest BCUT2D eigenvalue weighted by atomic mass is 16.5. The fourth-order valence-corrected chi connectivity index (χ4v) is 3.12. The Bertz CT molecular complexity index is 545. The van der Waals surface area contributed by atoms with E-state index in [9.17, 15) is 9.59 Å². The molecule has 2 unspecified atom stereocenters. The van der Waals surface area contributed by atoms with Crippen LogP contribution in [0.3, 0.4) is 0 Å². The highest BCUT2D eigenvalue weighted by molar-refractivity contribution is 5.89. The molecule has 0 bridgehead atoms. The SMILES string of the molecule is COC(CNC(=O)C1CCCN1C(=O)Cc1ccccc1)C(C)C. The molecule has 5 nitrogen and oxygen atoms in total. The minimum absolute atomic E-state index is 0.0103. The summed E-state index contributed by atoms with van der Waals surface area (Å²) in [6.45, 7) is 5.25. The molecule has 1 aromatic carbocycles. The number of nitrogens with zero attached hydrogens (tertiary/aromatic N) is 1. The van der Waals surface area contributed by atoms with Crippen LogP contribution in [0.2, 0.25) is 0 Å². The van der Waals surface area contributed by atoms with Crippen LogP contribution in [0.1, 0.15) is 32.3 Å². The summed E-state index contributed by atoms with van der Waals surface area (Å²) in [5.74, 6) is 0.275. The zero-order chi connectivity index (χ0) is 17.5. The predicted octanol–water partition coefficient (Wildman–Crippen LogP) is 2.01. The third kappa shape index (κ3) is 4.81. The van der Waals surface area contributed by atoms with Gasteiger partial charge in [-0.2, -0.15) is 0 Å². The molecule has 0 radical (unpaired) electrons. The van der Waals surface area contributed by atoms with Gasteiger partial charge in [-0.1, -0.05) is 44.2 Å². The van der Waals surface area contributed by atoms with Crippen molar-refractivity contribution in [3.63, 3.8) is 0 Å². The molecule has 5 heteroatoms. The Balaban J connectivity index is 1.91. The van der Waals surface area contributed by atoms with Gasteiger partial charge in [-0.05, 0) is 24.3 Å². The lowest BCUT2D eigenvalue weighted by atomic mass is 10.1. The minimum Gasteiger partial charge on any atom is -0.379 e. The lowest BCUT2D eigenvalue weighted by molar-refractivity contribution is -0.138. The maximum Gasteiger partial charge on any atom is 0.242 e. The molecule has 1 N–H and O–H groups in total. The Kier molecular flexibility index (Phi) is 6.79. The van der Waals surface area contributed by atoms with E-state index >= 15 is 0 Å². The van der Waals surface area contributed by atoms with Crippen LogP contribution in [0.25, 0.3) is 0 Å². The maximum absolute atomic E-state index is 12.6. The molecule has 1 heterocycles. The largest absolute Gasteiger partial charge is 0.379 e. The molecule has 1 fully saturated rings. The smallest absolute Gasteiger partial charge is 0.242 e. The average molecular weight is 332 g/mol. The highest BCUT2D eigenvalue weighted by Crippen LogP contribution is 2.19. The fraction of sp³-hybridized carbons (Fsp3) is 0.579. The monoisotopic (exact) mass is 332 g/mol. The molecular weight excluding hydrogens is 304 g/mol. The van der Waals surface area contributed by atoms with Gasteiger partial charge >= 0.3 is 0 Å². The molecule has 132 valence electrons. The van der Waals surface area contributed by atoms with E-state index < -0.39 is 0 Å². The van der Waals surface area contributed by atoms with Crippen molar-refractivity contribution in [2.45, 2.75) is 45.3 Å². The van der Waals surface area contributed by atoms with Gasteiger partial charge in [0.25, 0.3) is 0 Å². The van der Waals surface area contributed by atoms with Crippen molar-refractivity contribution in [3.8, 4) is 0 Å². The number of amides is 2. The van der Waals surface area contributed by atoms with Gasteiger partial charge < -0.3 is 15.0 Å². The van der Waals surface area contributed by atoms with E-state index in [2.05, 4.69) is 19.2 Å². The van der Waals surface area contributed by atoms with E-state index in [1.165, 1.54) is 0 Å². The first-order chi connectivity index (χ1) is 11.5. The summed E-state index contributed by atoms with van der Waals surface area (Å²) in [7, 11) is 1.65. The van der Waals surface area contributed by atoms with Crippen LogP contribution in [-0.4, -0.2) is 49.1 Å². The number of carbonyl (C=O) groups is 2. The van der Waals surface area contributed by atoms with Gasteiger partial charge in [-0.25, -0.2) is 0 Å². The molecule has 0 spiro atoms. The molecule has 1 aromatic rings. The van der Waals surface area contributed by atoms with Crippen LogP contribution in [0, 0.1) is 5.92 Å². The number of likely N-dealkylation sites (tertiary alicyclic amines) is 1. The van der Waals surface area contributed by atoms with Gasteiger partial charge in [0.15, 0.2) is 0 Å². The summed E-state index contributed by atoms with van der Waals surface area (Å²) in [4.78, 5) is 26.8. The third-order valence-corrected chi connectivity index (χ3v) is 4.60. The van der Waals surface area contributed by atoms with Crippen molar-refractivity contribution in [3.05, 3.63) is 35.9 Å². The second-order valence-corrected chi connectivity index (χ2v) is 6.67. The summed E-state index contributed by atoms with van der Waals surface area (Å²) in [6, 6.07) is 9.30. The Labute approximate surface area is 144 Å². The van der Waals surface area contributed by atoms with E-state index in [1.54, 1.807) is 12.0 Å². The van der Waals surface area contributed by atoms with Gasteiger partial charge in [0.05, 0.1) is 12.5 Å².